The molecule has 0 aliphatic heterocycles. The third-order valence-electron chi connectivity index (χ3n) is 7.34. The summed E-state index contributed by atoms with van der Waals surface area (Å²) in [6.07, 6.45) is 4.20. The lowest BCUT2D eigenvalue weighted by Gasteiger charge is -2.22. The maximum atomic E-state index is 11.5. The summed E-state index contributed by atoms with van der Waals surface area (Å²) in [5.74, 6) is -0.369. The molecule has 1 fully saturated rings. The lowest BCUT2D eigenvalue weighted by molar-refractivity contribution is -0.140. The highest BCUT2D eigenvalue weighted by atomic mass is 16.7. The highest BCUT2D eigenvalue weighted by Gasteiger charge is 2.73. The lowest BCUT2D eigenvalue weighted by Crippen LogP contribution is -2.19. The molecule has 3 nitrogen and oxygen atoms in total. The van der Waals surface area contributed by atoms with Gasteiger partial charge in [-0.2, -0.15) is 0 Å². The molecule has 5 rings (SSSR count). The maximum Gasteiger partial charge on any atom is 0.331 e. The zero-order valence-corrected chi connectivity index (χ0v) is 20.5. The van der Waals surface area contributed by atoms with Crippen LogP contribution in [0.2, 0.25) is 0 Å². The van der Waals surface area contributed by atoms with Crippen molar-refractivity contribution in [1.29, 1.82) is 0 Å². The van der Waals surface area contributed by atoms with Crippen LogP contribution >= 0.6 is 0 Å². The van der Waals surface area contributed by atoms with Crippen molar-refractivity contribution in [3.05, 3.63) is 150 Å². The van der Waals surface area contributed by atoms with Gasteiger partial charge in [-0.1, -0.05) is 139 Å². The van der Waals surface area contributed by atoms with Gasteiger partial charge in [0.15, 0.2) is 0 Å². The monoisotopic (exact) mass is 471 g/mol. The average molecular weight is 472 g/mol. The lowest BCUT2D eigenvalue weighted by atomic mass is 9.80. The Kier molecular flexibility index (Phi) is 6.39. The third-order valence-corrected chi connectivity index (χ3v) is 7.34. The minimum absolute atomic E-state index is 0.0597. The molecule has 0 spiro atoms. The van der Waals surface area contributed by atoms with E-state index < -0.39 is 11.4 Å². The Hall–Kier alpha value is -4.24. The first-order valence-corrected chi connectivity index (χ1v) is 12.2. The molecule has 36 heavy (non-hydrogen) atoms. The van der Waals surface area contributed by atoms with E-state index in [1.807, 2.05) is 30.5 Å². The highest BCUT2D eigenvalue weighted by Crippen LogP contribution is 2.73. The summed E-state index contributed by atoms with van der Waals surface area (Å²) in [6, 6.07) is 42.1. The number of benzene rings is 4. The van der Waals surface area contributed by atoms with Gasteiger partial charge >= 0.3 is 5.97 Å². The molecule has 4 aromatic rings. The predicted octanol–water partition coefficient (Wildman–Crippen LogP) is 7.29. The molecule has 4 aromatic carbocycles. The summed E-state index contributed by atoms with van der Waals surface area (Å²) in [6.45, 7) is 3.57. The van der Waals surface area contributed by atoms with Crippen LogP contribution in [0.5, 0.6) is 0 Å². The van der Waals surface area contributed by atoms with Crippen LogP contribution in [0, 0.1) is 11.3 Å². The van der Waals surface area contributed by atoms with Gasteiger partial charge in [-0.05, 0) is 27.8 Å². The molecule has 2 atom stereocenters. The summed E-state index contributed by atoms with van der Waals surface area (Å²) in [5, 5.41) is 4.15. The first kappa shape index (κ1) is 23.5. The van der Waals surface area contributed by atoms with Gasteiger partial charge in [-0.15, -0.1) is 0 Å². The van der Waals surface area contributed by atoms with E-state index in [2.05, 4.69) is 115 Å². The van der Waals surface area contributed by atoms with Gasteiger partial charge in [0.25, 0.3) is 0 Å². The summed E-state index contributed by atoms with van der Waals surface area (Å²) < 4.78 is 0. The van der Waals surface area contributed by atoms with Crippen molar-refractivity contribution in [1.82, 2.24) is 0 Å². The SMILES string of the molecule is CC(=O)O/N=C/C1(C)C(C=C(c2ccccc2)c2ccccc2)C1(c1ccccc1)c1ccccc1. The smallest absolute Gasteiger partial charge is 0.319 e. The second kappa shape index (κ2) is 9.79. The minimum Gasteiger partial charge on any atom is -0.319 e. The van der Waals surface area contributed by atoms with Crippen molar-refractivity contribution in [2.24, 2.45) is 16.5 Å². The number of oxime groups is 1. The summed E-state index contributed by atoms with van der Waals surface area (Å²) in [4.78, 5) is 16.6. The Morgan fingerprint density at radius 3 is 1.56 bits per heavy atom. The zero-order valence-electron chi connectivity index (χ0n) is 20.5. The Morgan fingerprint density at radius 2 is 1.14 bits per heavy atom. The van der Waals surface area contributed by atoms with E-state index >= 15 is 0 Å². The van der Waals surface area contributed by atoms with Crippen molar-refractivity contribution < 1.29 is 9.63 Å². The fourth-order valence-electron chi connectivity index (χ4n) is 5.68. The van der Waals surface area contributed by atoms with Gasteiger partial charge in [0.1, 0.15) is 0 Å². The van der Waals surface area contributed by atoms with E-state index in [0.717, 1.165) is 11.1 Å². The second-order valence-corrected chi connectivity index (χ2v) is 9.43. The van der Waals surface area contributed by atoms with Gasteiger partial charge in [-0.3, -0.25) is 0 Å². The molecule has 0 saturated heterocycles. The Morgan fingerprint density at radius 1 is 0.722 bits per heavy atom. The first-order valence-electron chi connectivity index (χ1n) is 12.2. The number of hydrogen-bond donors (Lipinski definition) is 0. The summed E-state index contributed by atoms with van der Waals surface area (Å²) in [7, 11) is 0. The minimum atomic E-state index is -0.431. The Balaban J connectivity index is 1.75. The van der Waals surface area contributed by atoms with Crippen LogP contribution in [0.15, 0.2) is 133 Å². The van der Waals surface area contributed by atoms with Crippen molar-refractivity contribution in [3.8, 4) is 0 Å². The van der Waals surface area contributed by atoms with E-state index in [-0.39, 0.29) is 11.3 Å². The molecule has 178 valence electrons. The van der Waals surface area contributed by atoms with Gasteiger partial charge in [0.05, 0.1) is 6.21 Å². The van der Waals surface area contributed by atoms with E-state index in [1.54, 1.807) is 0 Å². The van der Waals surface area contributed by atoms with E-state index in [1.165, 1.54) is 23.6 Å². The number of hydrogen-bond acceptors (Lipinski definition) is 3. The predicted molar refractivity (Wildman–Crippen MR) is 145 cm³/mol. The van der Waals surface area contributed by atoms with Crippen LogP contribution in [-0.2, 0) is 15.0 Å². The van der Waals surface area contributed by atoms with Gasteiger partial charge in [0.2, 0.25) is 0 Å². The molecule has 3 heteroatoms. The summed E-state index contributed by atoms with van der Waals surface area (Å²) >= 11 is 0. The molecule has 2 unspecified atom stereocenters. The Labute approximate surface area is 212 Å². The van der Waals surface area contributed by atoms with Crippen molar-refractivity contribution >= 4 is 17.8 Å². The number of allylic oxidation sites excluding steroid dienone is 1. The standard InChI is InChI=1S/C33H29NO2/c1-25(35)36-34-24-32(2)31(23-30(26-15-7-3-8-16-26)27-17-9-4-10-18-27)33(32,28-19-11-5-12-20-28)29-21-13-6-14-22-29/h3-24,31H,1-2H3/b34-24+. The van der Waals surface area contributed by atoms with Crippen molar-refractivity contribution in [2.45, 2.75) is 19.3 Å². The fourth-order valence-corrected chi connectivity index (χ4v) is 5.68. The molecule has 1 aliphatic carbocycles. The summed E-state index contributed by atoms with van der Waals surface area (Å²) in [5.41, 5.74) is 5.08. The van der Waals surface area contributed by atoms with E-state index in [4.69, 9.17) is 4.84 Å². The van der Waals surface area contributed by atoms with Crippen LogP contribution < -0.4 is 0 Å². The molecule has 1 aliphatic rings. The largest absolute Gasteiger partial charge is 0.331 e. The van der Waals surface area contributed by atoms with E-state index in [9.17, 15) is 4.79 Å². The normalized spacial score (nSPS) is 20.0. The molecule has 0 heterocycles. The molecular weight excluding hydrogens is 442 g/mol. The Bertz CT molecular complexity index is 1300. The number of carbonyl (C=O) groups is 1. The van der Waals surface area contributed by atoms with Gasteiger partial charge in [-0.25, -0.2) is 4.79 Å². The quantitative estimate of drug-likeness (QED) is 0.161. The molecule has 0 bridgehead atoms. The molecule has 0 N–H and O–H groups in total. The molecule has 1 saturated carbocycles. The van der Waals surface area contributed by atoms with Gasteiger partial charge in [0, 0.05) is 23.7 Å². The number of carbonyl (C=O) groups excluding carboxylic acids is 1. The maximum absolute atomic E-state index is 11.5. The third kappa shape index (κ3) is 4.07. The van der Waals surface area contributed by atoms with Crippen LogP contribution in [-0.4, -0.2) is 12.2 Å². The molecule has 0 radical (unpaired) electrons. The molecule has 0 amide bonds. The molecule has 0 aromatic heterocycles. The highest BCUT2D eigenvalue weighted by molar-refractivity contribution is 5.86. The van der Waals surface area contributed by atoms with Crippen molar-refractivity contribution in [3.63, 3.8) is 0 Å². The van der Waals surface area contributed by atoms with Crippen molar-refractivity contribution in [2.75, 3.05) is 0 Å². The van der Waals surface area contributed by atoms with Crippen LogP contribution in [0.3, 0.4) is 0 Å². The number of nitrogens with zero attached hydrogens (tertiary/aromatic N) is 1. The van der Waals surface area contributed by atoms with E-state index in [0.29, 0.717) is 0 Å². The number of rotatable bonds is 7. The topological polar surface area (TPSA) is 38.7 Å². The second-order valence-electron chi connectivity index (χ2n) is 9.43. The van der Waals surface area contributed by atoms with Gasteiger partial charge < -0.3 is 4.84 Å². The molecular formula is C33H29NO2. The zero-order chi connectivity index (χ0) is 25.0. The first-order chi connectivity index (χ1) is 17.6. The van der Waals surface area contributed by atoms with Crippen LogP contribution in [0.4, 0.5) is 0 Å². The average Bonchev–Trinajstić information content (AvgIpc) is 3.46. The van der Waals surface area contributed by atoms with Crippen LogP contribution in [0.25, 0.3) is 5.57 Å². The van der Waals surface area contributed by atoms with Crippen LogP contribution in [0.1, 0.15) is 36.1 Å². The fraction of sp³-hybridized carbons (Fsp3) is 0.152.